The highest BCUT2D eigenvalue weighted by atomic mass is 16.5. The van der Waals surface area contributed by atoms with Gasteiger partial charge in [0.1, 0.15) is 0 Å². The van der Waals surface area contributed by atoms with Crippen molar-refractivity contribution in [3.63, 3.8) is 0 Å². The summed E-state index contributed by atoms with van der Waals surface area (Å²) in [5, 5.41) is 0. The van der Waals surface area contributed by atoms with Crippen LogP contribution in [0.2, 0.25) is 0 Å². The standard InChI is InChI=1S/C15H21N3O2/c1-11(16)13-9-17-10-18(13)7-6-12-4-5-14(19-2)15(8-12)20-3/h4-5,8-11H,6-7,16H2,1-3H3/t11-/m0/s1. The molecule has 0 saturated carbocycles. The monoisotopic (exact) mass is 275 g/mol. The molecule has 2 rings (SSSR count). The molecule has 1 aromatic carbocycles. The molecule has 0 bridgehead atoms. The van der Waals surface area contributed by atoms with Gasteiger partial charge in [-0.2, -0.15) is 0 Å². The summed E-state index contributed by atoms with van der Waals surface area (Å²) in [6.07, 6.45) is 4.52. The summed E-state index contributed by atoms with van der Waals surface area (Å²) in [6, 6.07) is 5.96. The number of nitrogens with two attached hydrogens (primary N) is 1. The number of methoxy groups -OCH3 is 2. The normalized spacial score (nSPS) is 12.2. The number of hydrogen-bond donors (Lipinski definition) is 1. The van der Waals surface area contributed by atoms with E-state index in [1.165, 1.54) is 5.56 Å². The molecule has 1 aromatic heterocycles. The number of imidazole rings is 1. The molecule has 0 fully saturated rings. The summed E-state index contributed by atoms with van der Waals surface area (Å²) >= 11 is 0. The molecule has 0 amide bonds. The zero-order valence-electron chi connectivity index (χ0n) is 12.2. The Balaban J connectivity index is 2.09. The Morgan fingerprint density at radius 3 is 2.65 bits per heavy atom. The average molecular weight is 275 g/mol. The summed E-state index contributed by atoms with van der Waals surface area (Å²) in [7, 11) is 3.28. The molecule has 0 radical (unpaired) electrons. The maximum Gasteiger partial charge on any atom is 0.160 e. The number of ether oxygens (including phenoxy) is 2. The van der Waals surface area contributed by atoms with E-state index in [2.05, 4.69) is 9.55 Å². The van der Waals surface area contributed by atoms with Gasteiger partial charge in [-0.1, -0.05) is 6.07 Å². The van der Waals surface area contributed by atoms with Crippen molar-refractivity contribution in [1.29, 1.82) is 0 Å². The number of aromatic nitrogens is 2. The molecule has 20 heavy (non-hydrogen) atoms. The fourth-order valence-electron chi connectivity index (χ4n) is 2.18. The highest BCUT2D eigenvalue weighted by Crippen LogP contribution is 2.27. The summed E-state index contributed by atoms with van der Waals surface area (Å²) < 4.78 is 12.6. The summed E-state index contributed by atoms with van der Waals surface area (Å²) in [6.45, 7) is 2.80. The Hall–Kier alpha value is -2.01. The quantitative estimate of drug-likeness (QED) is 0.877. The topological polar surface area (TPSA) is 62.3 Å². The van der Waals surface area contributed by atoms with Crippen LogP contribution in [0.1, 0.15) is 24.2 Å². The van der Waals surface area contributed by atoms with Gasteiger partial charge in [0, 0.05) is 18.8 Å². The second-order valence-electron chi connectivity index (χ2n) is 4.74. The van der Waals surface area contributed by atoms with Crippen LogP contribution in [-0.4, -0.2) is 23.8 Å². The molecule has 0 aliphatic carbocycles. The number of rotatable bonds is 6. The van der Waals surface area contributed by atoms with Crippen molar-refractivity contribution < 1.29 is 9.47 Å². The van der Waals surface area contributed by atoms with Crippen LogP contribution in [-0.2, 0) is 13.0 Å². The van der Waals surface area contributed by atoms with Gasteiger partial charge in [-0.3, -0.25) is 0 Å². The van der Waals surface area contributed by atoms with E-state index in [4.69, 9.17) is 15.2 Å². The van der Waals surface area contributed by atoms with Gasteiger partial charge in [-0.15, -0.1) is 0 Å². The maximum absolute atomic E-state index is 5.91. The van der Waals surface area contributed by atoms with Gasteiger partial charge in [-0.25, -0.2) is 4.98 Å². The van der Waals surface area contributed by atoms with Gasteiger partial charge in [0.15, 0.2) is 11.5 Å². The Kier molecular flexibility index (Phi) is 4.63. The van der Waals surface area contributed by atoms with E-state index in [-0.39, 0.29) is 6.04 Å². The molecular formula is C15H21N3O2. The highest BCUT2D eigenvalue weighted by molar-refractivity contribution is 5.42. The second kappa shape index (κ2) is 6.43. The van der Waals surface area contributed by atoms with Crippen molar-refractivity contribution in [2.24, 2.45) is 5.73 Å². The fourth-order valence-corrected chi connectivity index (χ4v) is 2.18. The molecule has 108 valence electrons. The van der Waals surface area contributed by atoms with Gasteiger partial charge < -0.3 is 19.8 Å². The summed E-state index contributed by atoms with van der Waals surface area (Å²) in [5.41, 5.74) is 8.15. The molecule has 0 saturated heterocycles. The first-order valence-corrected chi connectivity index (χ1v) is 6.62. The van der Waals surface area contributed by atoms with Crippen molar-refractivity contribution in [2.75, 3.05) is 14.2 Å². The molecule has 0 spiro atoms. The van der Waals surface area contributed by atoms with Gasteiger partial charge in [0.05, 0.1) is 26.2 Å². The SMILES string of the molecule is COc1ccc(CCn2cncc2[C@H](C)N)cc1OC. The molecular weight excluding hydrogens is 254 g/mol. The van der Waals surface area contributed by atoms with E-state index >= 15 is 0 Å². The zero-order chi connectivity index (χ0) is 14.5. The van der Waals surface area contributed by atoms with Crippen LogP contribution in [0.15, 0.2) is 30.7 Å². The van der Waals surface area contributed by atoms with Crippen LogP contribution in [0.4, 0.5) is 0 Å². The number of hydrogen-bond acceptors (Lipinski definition) is 4. The second-order valence-corrected chi connectivity index (χ2v) is 4.74. The van der Waals surface area contributed by atoms with Crippen LogP contribution < -0.4 is 15.2 Å². The number of nitrogens with zero attached hydrogens (tertiary/aromatic N) is 2. The fraction of sp³-hybridized carbons (Fsp3) is 0.400. The van der Waals surface area contributed by atoms with Crippen LogP contribution >= 0.6 is 0 Å². The smallest absolute Gasteiger partial charge is 0.160 e. The molecule has 1 atom stereocenters. The first kappa shape index (κ1) is 14.4. The van der Waals surface area contributed by atoms with E-state index in [0.29, 0.717) is 0 Å². The van der Waals surface area contributed by atoms with E-state index in [9.17, 15) is 0 Å². The molecule has 0 unspecified atom stereocenters. The largest absolute Gasteiger partial charge is 0.493 e. The summed E-state index contributed by atoms with van der Waals surface area (Å²) in [5.74, 6) is 1.50. The van der Waals surface area contributed by atoms with E-state index in [1.54, 1.807) is 14.2 Å². The molecule has 0 aliphatic heterocycles. The molecule has 2 aromatic rings. The minimum atomic E-state index is -0.0112. The van der Waals surface area contributed by atoms with Gasteiger partial charge in [-0.05, 0) is 31.0 Å². The maximum atomic E-state index is 5.91. The highest BCUT2D eigenvalue weighted by Gasteiger charge is 2.08. The summed E-state index contributed by atoms with van der Waals surface area (Å²) in [4.78, 5) is 4.16. The third-order valence-electron chi connectivity index (χ3n) is 3.30. The number of aryl methyl sites for hydroxylation is 2. The minimum absolute atomic E-state index is 0.0112. The van der Waals surface area contributed by atoms with Crippen molar-refractivity contribution in [3.8, 4) is 11.5 Å². The van der Waals surface area contributed by atoms with Gasteiger partial charge in [0.2, 0.25) is 0 Å². The van der Waals surface area contributed by atoms with Gasteiger partial charge in [0.25, 0.3) is 0 Å². The lowest BCUT2D eigenvalue weighted by molar-refractivity contribution is 0.354. The lowest BCUT2D eigenvalue weighted by Crippen LogP contribution is -2.12. The molecule has 5 nitrogen and oxygen atoms in total. The van der Waals surface area contributed by atoms with E-state index in [0.717, 1.165) is 30.2 Å². The van der Waals surface area contributed by atoms with Crippen molar-refractivity contribution in [1.82, 2.24) is 9.55 Å². The van der Waals surface area contributed by atoms with Crippen LogP contribution in [0.25, 0.3) is 0 Å². The average Bonchev–Trinajstić information content (AvgIpc) is 2.93. The van der Waals surface area contributed by atoms with Crippen molar-refractivity contribution in [2.45, 2.75) is 25.9 Å². The lowest BCUT2D eigenvalue weighted by atomic mass is 10.1. The predicted molar refractivity (Wildman–Crippen MR) is 78.1 cm³/mol. The Labute approximate surface area is 119 Å². The van der Waals surface area contributed by atoms with Crippen LogP contribution in [0.3, 0.4) is 0 Å². The predicted octanol–water partition coefficient (Wildman–Crippen LogP) is 2.16. The third kappa shape index (κ3) is 3.11. The molecule has 2 N–H and O–H groups in total. The minimum Gasteiger partial charge on any atom is -0.493 e. The van der Waals surface area contributed by atoms with Crippen molar-refractivity contribution in [3.05, 3.63) is 42.0 Å². The Morgan fingerprint density at radius 1 is 1.25 bits per heavy atom. The Morgan fingerprint density at radius 2 is 2.00 bits per heavy atom. The zero-order valence-corrected chi connectivity index (χ0v) is 12.2. The van der Waals surface area contributed by atoms with E-state index < -0.39 is 0 Å². The Bertz CT molecular complexity index is 564. The third-order valence-corrected chi connectivity index (χ3v) is 3.30. The molecule has 1 heterocycles. The van der Waals surface area contributed by atoms with Crippen LogP contribution in [0, 0.1) is 0 Å². The van der Waals surface area contributed by atoms with Gasteiger partial charge >= 0.3 is 0 Å². The van der Waals surface area contributed by atoms with Crippen molar-refractivity contribution >= 4 is 0 Å². The number of benzene rings is 1. The lowest BCUT2D eigenvalue weighted by Gasteiger charge is -2.12. The van der Waals surface area contributed by atoms with Crippen LogP contribution in [0.5, 0.6) is 11.5 Å². The first-order valence-electron chi connectivity index (χ1n) is 6.62. The molecule has 0 aliphatic rings. The first-order chi connectivity index (χ1) is 9.65. The molecule has 5 heteroatoms. The van der Waals surface area contributed by atoms with E-state index in [1.807, 2.05) is 37.6 Å².